The highest BCUT2D eigenvalue weighted by atomic mass is 16.4. The van der Waals surface area contributed by atoms with Crippen LogP contribution in [0.2, 0.25) is 0 Å². The number of amides is 1. The Morgan fingerprint density at radius 1 is 1.64 bits per heavy atom. The SMILES string of the molecule is CCCN1C(=O)C[C@@H](C(=O)O)C1(C)C. The van der Waals surface area contributed by atoms with Gasteiger partial charge in [-0.1, -0.05) is 6.92 Å². The molecule has 0 aliphatic carbocycles. The average molecular weight is 199 g/mol. The summed E-state index contributed by atoms with van der Waals surface area (Å²) in [6.07, 6.45) is 1.00. The molecular weight excluding hydrogens is 182 g/mol. The summed E-state index contributed by atoms with van der Waals surface area (Å²) in [6, 6.07) is 0. The van der Waals surface area contributed by atoms with Crippen molar-refractivity contribution < 1.29 is 14.7 Å². The number of likely N-dealkylation sites (tertiary alicyclic amines) is 1. The minimum atomic E-state index is -0.873. The van der Waals surface area contributed by atoms with Crippen molar-refractivity contribution >= 4 is 11.9 Å². The minimum absolute atomic E-state index is 0.0377. The van der Waals surface area contributed by atoms with Crippen LogP contribution >= 0.6 is 0 Å². The predicted octanol–water partition coefficient (Wildman–Crippen LogP) is 1.11. The molecule has 0 aromatic carbocycles. The van der Waals surface area contributed by atoms with E-state index in [-0.39, 0.29) is 12.3 Å². The molecule has 0 bridgehead atoms. The summed E-state index contributed by atoms with van der Waals surface area (Å²) in [6.45, 7) is 6.28. The first-order valence-electron chi connectivity index (χ1n) is 4.94. The lowest BCUT2D eigenvalue weighted by Gasteiger charge is -2.34. The van der Waals surface area contributed by atoms with Gasteiger partial charge in [0.25, 0.3) is 0 Å². The second kappa shape index (κ2) is 3.59. The zero-order valence-corrected chi connectivity index (χ0v) is 8.91. The Labute approximate surface area is 83.9 Å². The van der Waals surface area contributed by atoms with Crippen LogP contribution in [0.15, 0.2) is 0 Å². The molecule has 14 heavy (non-hydrogen) atoms. The molecule has 80 valence electrons. The highest BCUT2D eigenvalue weighted by Gasteiger charge is 2.49. The number of carbonyl (C=O) groups is 2. The number of hydrogen-bond acceptors (Lipinski definition) is 2. The monoisotopic (exact) mass is 199 g/mol. The molecule has 0 aromatic rings. The topological polar surface area (TPSA) is 57.6 Å². The van der Waals surface area contributed by atoms with Crippen molar-refractivity contribution in [3.05, 3.63) is 0 Å². The van der Waals surface area contributed by atoms with Gasteiger partial charge in [-0.25, -0.2) is 0 Å². The van der Waals surface area contributed by atoms with Gasteiger partial charge in [-0.15, -0.1) is 0 Å². The Hall–Kier alpha value is -1.06. The third-order valence-corrected chi connectivity index (χ3v) is 2.97. The lowest BCUT2D eigenvalue weighted by atomic mass is 9.88. The maximum Gasteiger partial charge on any atom is 0.309 e. The molecule has 4 heteroatoms. The molecule has 1 rings (SSSR count). The summed E-state index contributed by atoms with van der Waals surface area (Å²) in [5.74, 6) is -1.48. The molecule has 0 unspecified atom stereocenters. The molecule has 1 aliphatic rings. The zero-order valence-electron chi connectivity index (χ0n) is 8.91. The van der Waals surface area contributed by atoms with Gasteiger partial charge in [0.15, 0.2) is 0 Å². The first-order chi connectivity index (χ1) is 6.41. The smallest absolute Gasteiger partial charge is 0.309 e. The molecule has 1 fully saturated rings. The van der Waals surface area contributed by atoms with E-state index >= 15 is 0 Å². The quantitative estimate of drug-likeness (QED) is 0.740. The van der Waals surface area contributed by atoms with Gasteiger partial charge in [-0.2, -0.15) is 0 Å². The zero-order chi connectivity index (χ0) is 10.9. The summed E-state index contributed by atoms with van der Waals surface area (Å²) in [5, 5.41) is 8.97. The number of nitrogens with zero attached hydrogens (tertiary/aromatic N) is 1. The molecule has 1 atom stereocenters. The van der Waals surface area contributed by atoms with Gasteiger partial charge in [0.2, 0.25) is 5.91 Å². The van der Waals surface area contributed by atoms with Crippen LogP contribution in [0.1, 0.15) is 33.6 Å². The molecule has 0 spiro atoms. The molecule has 1 aliphatic heterocycles. The van der Waals surface area contributed by atoms with Crippen LogP contribution in [0.3, 0.4) is 0 Å². The fourth-order valence-corrected chi connectivity index (χ4v) is 2.07. The first-order valence-corrected chi connectivity index (χ1v) is 4.94. The molecule has 0 saturated carbocycles. The molecule has 4 nitrogen and oxygen atoms in total. The van der Waals surface area contributed by atoms with Crippen LogP contribution in [0.25, 0.3) is 0 Å². The van der Waals surface area contributed by atoms with E-state index in [2.05, 4.69) is 0 Å². The highest BCUT2D eigenvalue weighted by molar-refractivity contribution is 5.88. The van der Waals surface area contributed by atoms with Crippen LogP contribution in [0.5, 0.6) is 0 Å². The van der Waals surface area contributed by atoms with Crippen molar-refractivity contribution in [2.75, 3.05) is 6.54 Å². The second-order valence-electron chi connectivity index (χ2n) is 4.29. The van der Waals surface area contributed by atoms with Crippen molar-refractivity contribution in [1.29, 1.82) is 0 Å². The number of hydrogen-bond donors (Lipinski definition) is 1. The molecule has 1 amide bonds. The van der Waals surface area contributed by atoms with Gasteiger partial charge < -0.3 is 10.0 Å². The van der Waals surface area contributed by atoms with Gasteiger partial charge >= 0.3 is 5.97 Å². The summed E-state index contributed by atoms with van der Waals surface area (Å²) in [4.78, 5) is 24.2. The Morgan fingerprint density at radius 3 is 2.57 bits per heavy atom. The van der Waals surface area contributed by atoms with Crippen LogP contribution in [0.4, 0.5) is 0 Å². The molecule has 0 radical (unpaired) electrons. The van der Waals surface area contributed by atoms with Gasteiger partial charge in [0, 0.05) is 13.0 Å². The van der Waals surface area contributed by atoms with E-state index in [1.807, 2.05) is 20.8 Å². The third-order valence-electron chi connectivity index (χ3n) is 2.97. The van der Waals surface area contributed by atoms with Crippen molar-refractivity contribution in [1.82, 2.24) is 4.90 Å². The van der Waals surface area contributed by atoms with Gasteiger partial charge in [-0.05, 0) is 20.3 Å². The van der Waals surface area contributed by atoms with Gasteiger partial charge in [0.1, 0.15) is 0 Å². The summed E-state index contributed by atoms with van der Waals surface area (Å²) in [7, 11) is 0. The largest absolute Gasteiger partial charge is 0.481 e. The van der Waals surface area contributed by atoms with E-state index in [9.17, 15) is 9.59 Å². The van der Waals surface area contributed by atoms with Crippen molar-refractivity contribution in [2.45, 2.75) is 39.2 Å². The normalized spacial score (nSPS) is 25.5. The van der Waals surface area contributed by atoms with Crippen molar-refractivity contribution in [2.24, 2.45) is 5.92 Å². The fourth-order valence-electron chi connectivity index (χ4n) is 2.07. The standard InChI is InChI=1S/C10H17NO3/c1-4-5-11-8(12)6-7(9(13)14)10(11,2)3/h7H,4-6H2,1-3H3,(H,13,14)/t7-/m0/s1. The molecular formula is C10H17NO3. The molecule has 1 N–H and O–H groups in total. The third kappa shape index (κ3) is 1.61. The van der Waals surface area contributed by atoms with E-state index in [0.717, 1.165) is 6.42 Å². The van der Waals surface area contributed by atoms with Gasteiger partial charge in [-0.3, -0.25) is 9.59 Å². The predicted molar refractivity (Wildman–Crippen MR) is 51.8 cm³/mol. The van der Waals surface area contributed by atoms with Crippen LogP contribution in [-0.2, 0) is 9.59 Å². The van der Waals surface area contributed by atoms with Crippen LogP contribution in [0, 0.1) is 5.92 Å². The van der Waals surface area contributed by atoms with Gasteiger partial charge in [0.05, 0.1) is 11.5 Å². The van der Waals surface area contributed by atoms with Crippen LogP contribution in [-0.4, -0.2) is 34.0 Å². The number of aliphatic carboxylic acids is 1. The Kier molecular flexibility index (Phi) is 2.83. The fraction of sp³-hybridized carbons (Fsp3) is 0.800. The molecule has 1 heterocycles. The van der Waals surface area contributed by atoms with E-state index in [1.54, 1.807) is 4.90 Å². The van der Waals surface area contributed by atoms with Crippen molar-refractivity contribution in [3.8, 4) is 0 Å². The number of rotatable bonds is 3. The maximum absolute atomic E-state index is 11.6. The summed E-state index contributed by atoms with van der Waals surface area (Å²) in [5.41, 5.74) is -0.543. The minimum Gasteiger partial charge on any atom is -0.481 e. The van der Waals surface area contributed by atoms with Crippen molar-refractivity contribution in [3.63, 3.8) is 0 Å². The lowest BCUT2D eigenvalue weighted by molar-refractivity contribution is -0.144. The van der Waals surface area contributed by atoms with E-state index < -0.39 is 17.4 Å². The summed E-state index contributed by atoms with van der Waals surface area (Å²) < 4.78 is 0. The molecule has 0 aromatic heterocycles. The first kappa shape index (κ1) is 11.0. The Morgan fingerprint density at radius 2 is 2.21 bits per heavy atom. The number of carboxylic acids is 1. The highest BCUT2D eigenvalue weighted by Crippen LogP contribution is 2.35. The average Bonchev–Trinajstić information content (AvgIpc) is 2.28. The lowest BCUT2D eigenvalue weighted by Crippen LogP contribution is -2.46. The number of carboxylic acid groups (broad SMARTS) is 1. The maximum atomic E-state index is 11.6. The van der Waals surface area contributed by atoms with E-state index in [1.165, 1.54) is 0 Å². The number of carbonyl (C=O) groups excluding carboxylic acids is 1. The molecule has 1 saturated heterocycles. The Balaban J connectivity index is 2.89. The van der Waals surface area contributed by atoms with Crippen LogP contribution < -0.4 is 0 Å². The second-order valence-corrected chi connectivity index (χ2v) is 4.29. The van der Waals surface area contributed by atoms with E-state index in [0.29, 0.717) is 6.54 Å². The van der Waals surface area contributed by atoms with E-state index in [4.69, 9.17) is 5.11 Å². The Bertz CT molecular complexity index is 260. The summed E-state index contributed by atoms with van der Waals surface area (Å²) >= 11 is 0.